The summed E-state index contributed by atoms with van der Waals surface area (Å²) < 4.78 is 0. The summed E-state index contributed by atoms with van der Waals surface area (Å²) in [5, 5.41) is 10.7. The van der Waals surface area contributed by atoms with E-state index in [4.69, 9.17) is 0 Å². The number of hydrogen-bond acceptors (Lipinski definition) is 4. The van der Waals surface area contributed by atoms with E-state index in [-0.39, 0.29) is 0 Å². The highest BCUT2D eigenvalue weighted by atomic mass is 15.6. The van der Waals surface area contributed by atoms with Gasteiger partial charge in [-0.1, -0.05) is 0 Å². The third kappa shape index (κ3) is 1.07. The number of aliphatic imine (C=N–C) groups is 1. The molecule has 0 saturated heterocycles. The first-order chi connectivity index (χ1) is 4.88. The second-order valence-electron chi connectivity index (χ2n) is 1.51. The van der Waals surface area contributed by atoms with E-state index in [9.17, 15) is 0 Å². The molecule has 0 bridgehead atoms. The molecule has 0 aliphatic carbocycles. The molecule has 0 unspecified atom stereocenters. The van der Waals surface area contributed by atoms with E-state index >= 15 is 0 Å². The topological polar surface area (TPSA) is 55.4 Å². The first kappa shape index (κ1) is 6.60. The van der Waals surface area contributed by atoms with Crippen molar-refractivity contribution in [2.24, 2.45) is 10.1 Å². The van der Waals surface area contributed by atoms with Crippen molar-refractivity contribution in [3.05, 3.63) is 6.20 Å². The van der Waals surface area contributed by atoms with E-state index in [0.717, 1.165) is 0 Å². The van der Waals surface area contributed by atoms with Gasteiger partial charge >= 0.3 is 0 Å². The molecular formula is C5H7N5. The smallest absolute Gasteiger partial charge is 0.196 e. The molecule has 0 aliphatic rings. The minimum atomic E-state index is 0.581. The first-order valence-electron chi connectivity index (χ1n) is 2.75. The summed E-state index contributed by atoms with van der Waals surface area (Å²) in [5.41, 5.74) is 0. The van der Waals surface area contributed by atoms with Gasteiger partial charge in [0.25, 0.3) is 0 Å². The molecule has 0 atom stereocenters. The van der Waals surface area contributed by atoms with Gasteiger partial charge in [-0.2, -0.15) is 5.10 Å². The lowest BCUT2D eigenvalue weighted by molar-refractivity contribution is 0.702. The molecular weight excluding hydrogens is 130 g/mol. The standard InChI is InChI=1S/C5H7N5/c1-3-7-5-4-8-9-10(5)6-2/h3-4H,2H2,1H3. The van der Waals surface area contributed by atoms with E-state index in [2.05, 4.69) is 27.1 Å². The molecule has 0 amide bonds. The van der Waals surface area contributed by atoms with Crippen LogP contribution in [-0.4, -0.2) is 28.0 Å². The lowest BCUT2D eigenvalue weighted by atomic mass is 10.7. The van der Waals surface area contributed by atoms with Crippen LogP contribution in [-0.2, 0) is 0 Å². The molecule has 1 aromatic rings. The highest BCUT2D eigenvalue weighted by Gasteiger charge is 1.95. The number of hydrogen-bond donors (Lipinski definition) is 0. The second kappa shape index (κ2) is 2.86. The Morgan fingerprint density at radius 1 is 1.80 bits per heavy atom. The van der Waals surface area contributed by atoms with Crippen LogP contribution in [0.3, 0.4) is 0 Å². The van der Waals surface area contributed by atoms with Crippen LogP contribution in [0.2, 0.25) is 0 Å². The van der Waals surface area contributed by atoms with Crippen molar-refractivity contribution in [2.75, 3.05) is 0 Å². The van der Waals surface area contributed by atoms with Crippen molar-refractivity contribution >= 4 is 18.7 Å². The van der Waals surface area contributed by atoms with Crippen molar-refractivity contribution in [3.63, 3.8) is 0 Å². The average molecular weight is 137 g/mol. The van der Waals surface area contributed by atoms with Crippen LogP contribution in [0.4, 0.5) is 5.82 Å². The molecule has 0 N–H and O–H groups in total. The number of aromatic nitrogens is 3. The van der Waals surface area contributed by atoms with Gasteiger partial charge in [-0.05, 0) is 12.1 Å². The first-order valence-corrected chi connectivity index (χ1v) is 2.75. The lowest BCUT2D eigenvalue weighted by Crippen LogP contribution is -1.88. The molecule has 5 heteroatoms. The Bertz CT molecular complexity index is 248. The predicted octanol–water partition coefficient (Wildman–Crippen LogP) is 0.464. The van der Waals surface area contributed by atoms with E-state index < -0.39 is 0 Å². The maximum Gasteiger partial charge on any atom is 0.196 e. The highest BCUT2D eigenvalue weighted by Crippen LogP contribution is 2.05. The third-order valence-corrected chi connectivity index (χ3v) is 0.910. The van der Waals surface area contributed by atoms with Crippen LogP contribution in [0.15, 0.2) is 16.3 Å². The Labute approximate surface area is 58.1 Å². The molecule has 0 aliphatic heterocycles. The predicted molar refractivity (Wildman–Crippen MR) is 38.8 cm³/mol. The van der Waals surface area contributed by atoms with Crippen molar-refractivity contribution in [2.45, 2.75) is 6.92 Å². The van der Waals surface area contributed by atoms with Crippen LogP contribution >= 0.6 is 0 Å². The van der Waals surface area contributed by atoms with E-state index in [0.29, 0.717) is 5.82 Å². The molecule has 10 heavy (non-hydrogen) atoms. The van der Waals surface area contributed by atoms with Gasteiger partial charge in [0.15, 0.2) is 5.82 Å². The third-order valence-electron chi connectivity index (χ3n) is 0.910. The molecule has 0 radical (unpaired) electrons. The highest BCUT2D eigenvalue weighted by molar-refractivity contribution is 5.58. The molecule has 52 valence electrons. The van der Waals surface area contributed by atoms with Gasteiger partial charge in [0.05, 0.1) is 6.20 Å². The summed E-state index contributed by atoms with van der Waals surface area (Å²) in [4.78, 5) is 5.17. The van der Waals surface area contributed by atoms with Crippen molar-refractivity contribution in [1.29, 1.82) is 0 Å². The van der Waals surface area contributed by atoms with E-state index in [1.807, 2.05) is 0 Å². The largest absolute Gasteiger partial charge is 0.239 e. The summed E-state index contributed by atoms with van der Waals surface area (Å²) in [7, 11) is 0. The Morgan fingerprint density at radius 2 is 2.60 bits per heavy atom. The van der Waals surface area contributed by atoms with Crippen molar-refractivity contribution in [3.8, 4) is 0 Å². The van der Waals surface area contributed by atoms with Gasteiger partial charge in [-0.15, -0.1) is 9.89 Å². The van der Waals surface area contributed by atoms with Gasteiger partial charge in [-0.3, -0.25) is 0 Å². The molecule has 1 rings (SSSR count). The maximum atomic E-state index is 3.92. The van der Waals surface area contributed by atoms with Crippen LogP contribution in [0.25, 0.3) is 0 Å². The maximum absolute atomic E-state index is 3.92. The fourth-order valence-corrected chi connectivity index (χ4v) is 0.542. The summed E-state index contributed by atoms with van der Waals surface area (Å²) >= 11 is 0. The van der Waals surface area contributed by atoms with Gasteiger partial charge in [0.2, 0.25) is 0 Å². The fourth-order valence-electron chi connectivity index (χ4n) is 0.542. The van der Waals surface area contributed by atoms with Crippen LogP contribution < -0.4 is 0 Å². The molecule has 0 fully saturated rings. The Kier molecular flexibility index (Phi) is 1.89. The van der Waals surface area contributed by atoms with Gasteiger partial charge in [-0.25, -0.2) is 4.99 Å². The van der Waals surface area contributed by atoms with Crippen molar-refractivity contribution in [1.82, 2.24) is 15.1 Å². The lowest BCUT2D eigenvalue weighted by Gasteiger charge is -1.88. The van der Waals surface area contributed by atoms with Gasteiger partial charge in [0, 0.05) is 12.9 Å². The fraction of sp³-hybridized carbons (Fsp3) is 0.200. The molecule has 0 spiro atoms. The van der Waals surface area contributed by atoms with Crippen LogP contribution in [0.1, 0.15) is 6.92 Å². The minimum Gasteiger partial charge on any atom is -0.239 e. The summed E-state index contributed by atoms with van der Waals surface area (Å²) in [6.45, 7) is 5.09. The van der Waals surface area contributed by atoms with Crippen LogP contribution in [0.5, 0.6) is 0 Å². The van der Waals surface area contributed by atoms with Crippen LogP contribution in [0, 0.1) is 0 Å². The Morgan fingerprint density at radius 3 is 3.20 bits per heavy atom. The van der Waals surface area contributed by atoms with Crippen molar-refractivity contribution < 1.29 is 0 Å². The zero-order valence-electron chi connectivity index (χ0n) is 5.60. The molecule has 0 aromatic carbocycles. The zero-order valence-corrected chi connectivity index (χ0v) is 5.60. The monoisotopic (exact) mass is 137 g/mol. The molecule has 1 aromatic heterocycles. The van der Waals surface area contributed by atoms with Gasteiger partial charge < -0.3 is 0 Å². The molecule has 0 saturated carbocycles. The molecule has 1 heterocycles. The number of rotatable bonds is 2. The second-order valence-corrected chi connectivity index (χ2v) is 1.51. The molecule has 5 nitrogen and oxygen atoms in total. The number of nitrogens with zero attached hydrogens (tertiary/aromatic N) is 5. The summed E-state index contributed by atoms with van der Waals surface area (Å²) in [6, 6.07) is 0. The van der Waals surface area contributed by atoms with Gasteiger partial charge in [0.1, 0.15) is 0 Å². The normalized spacial score (nSPS) is 10.5. The SMILES string of the molecule is C=Nn1nncc1N=CC. The zero-order chi connectivity index (χ0) is 7.40. The quantitative estimate of drug-likeness (QED) is 0.556. The van der Waals surface area contributed by atoms with E-state index in [1.54, 1.807) is 13.1 Å². The Balaban J connectivity index is 3.00. The summed E-state index contributed by atoms with van der Waals surface area (Å²) in [6.07, 6.45) is 3.15. The summed E-state index contributed by atoms with van der Waals surface area (Å²) in [5.74, 6) is 0.581. The van der Waals surface area contributed by atoms with E-state index in [1.165, 1.54) is 11.0 Å². The minimum absolute atomic E-state index is 0.581. The Hall–Kier alpha value is -1.52. The average Bonchev–Trinajstić information content (AvgIpc) is 2.36.